The van der Waals surface area contributed by atoms with E-state index in [2.05, 4.69) is 4.98 Å². The van der Waals surface area contributed by atoms with Crippen molar-refractivity contribution in [1.29, 1.82) is 0 Å². The molecule has 8 heteroatoms. The number of benzene rings is 2. The van der Waals surface area contributed by atoms with E-state index in [1.165, 1.54) is 0 Å². The molecule has 0 saturated heterocycles. The normalized spacial score (nSPS) is 11.5. The van der Waals surface area contributed by atoms with E-state index in [1.54, 1.807) is 65.9 Å². The maximum atomic E-state index is 6.30. The third-order valence-corrected chi connectivity index (χ3v) is 4.39. The van der Waals surface area contributed by atoms with Gasteiger partial charge in [0.1, 0.15) is 11.5 Å². The molecule has 3 aromatic rings. The number of hydrogen-bond acceptors (Lipinski definition) is 3. The van der Waals surface area contributed by atoms with Gasteiger partial charge in [-0.1, -0.05) is 46.4 Å². The molecule has 0 radical (unpaired) electrons. The van der Waals surface area contributed by atoms with Gasteiger partial charge in [-0.25, -0.2) is 4.98 Å². The number of nitrogens with zero attached hydrogens (tertiary/aromatic N) is 2. The van der Waals surface area contributed by atoms with Crippen molar-refractivity contribution in [1.82, 2.24) is 9.55 Å². The van der Waals surface area contributed by atoms with Crippen molar-refractivity contribution in [2.75, 3.05) is 6.79 Å². The third-order valence-electron chi connectivity index (χ3n) is 3.31. The molecule has 4 nitrogen and oxygen atoms in total. The van der Waals surface area contributed by atoms with Gasteiger partial charge in [-0.05, 0) is 36.4 Å². The Hall–Kier alpha value is -1.85. The minimum absolute atomic E-state index is 0.0825. The molecule has 0 aliphatic heterocycles. The lowest BCUT2D eigenvalue weighted by atomic mass is 10.2. The van der Waals surface area contributed by atoms with Gasteiger partial charge < -0.3 is 14.0 Å². The number of rotatable bonds is 6. The van der Waals surface area contributed by atoms with Crippen LogP contribution in [-0.4, -0.2) is 16.3 Å². The van der Waals surface area contributed by atoms with Crippen LogP contribution in [0.15, 0.2) is 55.1 Å². The first-order valence-electron chi connectivity index (χ1n) is 7.38. The van der Waals surface area contributed by atoms with E-state index in [0.717, 1.165) is 0 Å². The summed E-state index contributed by atoms with van der Waals surface area (Å²) in [6.07, 6.45) is 6.78. The fourth-order valence-corrected chi connectivity index (χ4v) is 3.07. The zero-order valence-corrected chi connectivity index (χ0v) is 16.2. The fraction of sp³-hybridized carbons (Fsp3) is 0.0556. The maximum absolute atomic E-state index is 6.30. The van der Waals surface area contributed by atoms with E-state index in [1.807, 2.05) is 0 Å². The van der Waals surface area contributed by atoms with E-state index >= 15 is 0 Å². The highest BCUT2D eigenvalue weighted by Gasteiger charge is 2.11. The standard InChI is InChI=1S/C18H12Cl4N2O2/c19-12-1-3-14(15(21)7-12)18(9-24-6-5-23-10-24)26-11-25-17-4-2-13(20)8-16(17)22/h1-10H,11H2. The summed E-state index contributed by atoms with van der Waals surface area (Å²) in [6.45, 7) is -0.0825. The van der Waals surface area contributed by atoms with Gasteiger partial charge >= 0.3 is 0 Å². The third kappa shape index (κ3) is 4.86. The van der Waals surface area contributed by atoms with Crippen LogP contribution in [0.2, 0.25) is 20.1 Å². The molecule has 3 rings (SSSR count). The summed E-state index contributed by atoms with van der Waals surface area (Å²) in [4.78, 5) is 4.00. The molecular weight excluding hydrogens is 418 g/mol. The zero-order valence-electron chi connectivity index (χ0n) is 13.2. The smallest absolute Gasteiger partial charge is 0.231 e. The fourth-order valence-electron chi connectivity index (χ4n) is 2.10. The van der Waals surface area contributed by atoms with Crippen molar-refractivity contribution >= 4 is 58.4 Å². The topological polar surface area (TPSA) is 36.3 Å². The number of hydrogen-bond donors (Lipinski definition) is 0. The second-order valence-corrected chi connectivity index (χ2v) is 6.80. The SMILES string of the molecule is Clc1ccc(OCOC(=Cn2ccnc2)c2ccc(Cl)cc2Cl)c(Cl)c1. The predicted molar refractivity (Wildman–Crippen MR) is 106 cm³/mol. The van der Waals surface area contributed by atoms with Gasteiger partial charge in [0.2, 0.25) is 6.79 Å². The van der Waals surface area contributed by atoms with Crippen LogP contribution in [0.4, 0.5) is 0 Å². The van der Waals surface area contributed by atoms with Crippen molar-refractivity contribution in [2.24, 2.45) is 0 Å². The summed E-state index contributed by atoms with van der Waals surface area (Å²) < 4.78 is 13.1. The van der Waals surface area contributed by atoms with Crippen LogP contribution in [0.25, 0.3) is 12.0 Å². The monoisotopic (exact) mass is 428 g/mol. The molecule has 1 heterocycles. The minimum atomic E-state index is -0.0825. The number of halogens is 4. The van der Waals surface area contributed by atoms with Crippen molar-refractivity contribution in [3.05, 3.63) is 80.8 Å². The number of aromatic nitrogens is 2. The lowest BCUT2D eigenvalue weighted by Gasteiger charge is -2.14. The summed E-state index contributed by atoms with van der Waals surface area (Å²) in [6, 6.07) is 10.1. The van der Waals surface area contributed by atoms with Gasteiger partial charge in [0.05, 0.1) is 22.6 Å². The summed E-state index contributed by atoms with van der Waals surface area (Å²) in [5.74, 6) is 0.940. The Morgan fingerprint density at radius 3 is 2.38 bits per heavy atom. The molecule has 0 aliphatic carbocycles. The van der Waals surface area contributed by atoms with E-state index < -0.39 is 0 Å². The molecule has 0 aliphatic rings. The second-order valence-electron chi connectivity index (χ2n) is 5.11. The number of imidazole rings is 1. The number of ether oxygens (including phenoxy) is 2. The van der Waals surface area contributed by atoms with Crippen molar-refractivity contribution in [3.63, 3.8) is 0 Å². The minimum Gasteiger partial charge on any atom is -0.456 e. The summed E-state index contributed by atoms with van der Waals surface area (Å²) >= 11 is 24.2. The van der Waals surface area contributed by atoms with Gasteiger partial charge in [0.25, 0.3) is 0 Å². The molecular formula is C18H12Cl4N2O2. The van der Waals surface area contributed by atoms with Crippen LogP contribution in [0.3, 0.4) is 0 Å². The van der Waals surface area contributed by atoms with Gasteiger partial charge in [0, 0.05) is 28.0 Å². The molecule has 0 fully saturated rings. The summed E-state index contributed by atoms with van der Waals surface area (Å²) in [7, 11) is 0. The first kappa shape index (κ1) is 18.9. The highest BCUT2D eigenvalue weighted by Crippen LogP contribution is 2.30. The lowest BCUT2D eigenvalue weighted by molar-refractivity contribution is 0.0960. The Bertz CT molecular complexity index is 927. The molecule has 0 unspecified atom stereocenters. The first-order chi connectivity index (χ1) is 12.5. The van der Waals surface area contributed by atoms with Crippen LogP contribution < -0.4 is 4.74 Å². The molecule has 0 atom stereocenters. The first-order valence-corrected chi connectivity index (χ1v) is 8.89. The molecule has 134 valence electrons. The van der Waals surface area contributed by atoms with Crippen molar-refractivity contribution in [2.45, 2.75) is 0 Å². The molecule has 1 aromatic heterocycles. The summed E-state index contributed by atoms with van der Waals surface area (Å²) in [5, 5.41) is 1.90. The molecule has 0 amide bonds. The average molecular weight is 430 g/mol. The lowest BCUT2D eigenvalue weighted by Crippen LogP contribution is -2.04. The van der Waals surface area contributed by atoms with Crippen molar-refractivity contribution in [3.8, 4) is 5.75 Å². The van der Waals surface area contributed by atoms with E-state index in [9.17, 15) is 0 Å². The molecule has 2 aromatic carbocycles. The quantitative estimate of drug-likeness (QED) is 0.331. The Labute approximate surface area is 170 Å². The molecule has 0 spiro atoms. The maximum Gasteiger partial charge on any atom is 0.231 e. The van der Waals surface area contributed by atoms with E-state index in [0.29, 0.717) is 37.2 Å². The Morgan fingerprint density at radius 1 is 1.00 bits per heavy atom. The van der Waals surface area contributed by atoms with Crippen LogP contribution in [0.1, 0.15) is 5.56 Å². The second kappa shape index (κ2) is 8.69. The van der Waals surface area contributed by atoms with Crippen LogP contribution in [0.5, 0.6) is 5.75 Å². The zero-order chi connectivity index (χ0) is 18.5. The van der Waals surface area contributed by atoms with Crippen LogP contribution in [-0.2, 0) is 4.74 Å². The summed E-state index contributed by atoms with van der Waals surface area (Å²) in [5.41, 5.74) is 0.663. The molecule has 0 bridgehead atoms. The van der Waals surface area contributed by atoms with Gasteiger partial charge in [-0.3, -0.25) is 0 Å². The Kier molecular flexibility index (Phi) is 6.33. The van der Waals surface area contributed by atoms with E-state index in [-0.39, 0.29) is 6.79 Å². The van der Waals surface area contributed by atoms with Gasteiger partial charge in [-0.15, -0.1) is 0 Å². The Morgan fingerprint density at radius 2 is 1.73 bits per heavy atom. The Balaban J connectivity index is 1.80. The van der Waals surface area contributed by atoms with Crippen molar-refractivity contribution < 1.29 is 9.47 Å². The van der Waals surface area contributed by atoms with Crippen LogP contribution >= 0.6 is 46.4 Å². The van der Waals surface area contributed by atoms with Gasteiger partial charge in [-0.2, -0.15) is 0 Å². The van der Waals surface area contributed by atoms with Crippen LogP contribution in [0, 0.1) is 0 Å². The van der Waals surface area contributed by atoms with E-state index in [4.69, 9.17) is 55.9 Å². The average Bonchev–Trinajstić information content (AvgIpc) is 3.09. The molecule has 26 heavy (non-hydrogen) atoms. The van der Waals surface area contributed by atoms with Gasteiger partial charge in [0.15, 0.2) is 0 Å². The molecule has 0 saturated carbocycles. The largest absolute Gasteiger partial charge is 0.456 e. The highest BCUT2D eigenvalue weighted by molar-refractivity contribution is 6.36. The predicted octanol–water partition coefficient (Wildman–Crippen LogP) is 6.51. The molecule has 0 N–H and O–H groups in total. The highest BCUT2D eigenvalue weighted by atomic mass is 35.5.